The quantitative estimate of drug-likeness (QED) is 0.812. The fraction of sp³-hybridized carbons (Fsp3) is 0.222. The van der Waals surface area contributed by atoms with Crippen LogP contribution in [0.3, 0.4) is 0 Å². The van der Waals surface area contributed by atoms with Gasteiger partial charge in [-0.3, -0.25) is 9.78 Å². The van der Waals surface area contributed by atoms with Crippen LogP contribution in [0.2, 0.25) is 0 Å². The highest BCUT2D eigenvalue weighted by Gasteiger charge is 2.00. The summed E-state index contributed by atoms with van der Waals surface area (Å²) in [5, 5.41) is 2.97. The Morgan fingerprint density at radius 1 is 1.67 bits per heavy atom. The van der Waals surface area contributed by atoms with Crippen molar-refractivity contribution in [1.29, 1.82) is 0 Å². The minimum Gasteiger partial charge on any atom is -0.318 e. The van der Waals surface area contributed by atoms with Crippen molar-refractivity contribution in [2.45, 2.75) is 13.5 Å². The zero-order valence-electron chi connectivity index (χ0n) is 8.06. The highest BCUT2D eigenvalue weighted by Crippen LogP contribution is 2.09. The lowest BCUT2D eigenvalue weighted by atomic mass is 10.5. The van der Waals surface area contributed by atoms with Gasteiger partial charge in [0.2, 0.25) is 0 Å². The number of nitrogens with zero attached hydrogens (tertiary/aromatic N) is 2. The second-order valence-corrected chi connectivity index (χ2v) is 4.45. The first kappa shape index (κ1) is 10.3. The van der Waals surface area contributed by atoms with Crippen molar-refractivity contribution in [3.05, 3.63) is 43.5 Å². The molecule has 2 aromatic rings. The molecule has 2 rings (SSSR count). The van der Waals surface area contributed by atoms with Crippen LogP contribution in [-0.4, -0.2) is 14.5 Å². The van der Waals surface area contributed by atoms with Gasteiger partial charge >= 0.3 is 0 Å². The van der Waals surface area contributed by atoms with Crippen LogP contribution in [0.1, 0.15) is 10.7 Å². The second kappa shape index (κ2) is 4.08. The van der Waals surface area contributed by atoms with Crippen LogP contribution < -0.4 is 5.56 Å². The third kappa shape index (κ3) is 2.40. The summed E-state index contributed by atoms with van der Waals surface area (Å²) >= 11 is 6.62. The van der Waals surface area contributed by atoms with Crippen LogP contribution in [0.15, 0.2) is 22.4 Å². The molecule has 0 aliphatic rings. The lowest BCUT2D eigenvalue weighted by Gasteiger charge is -2.02. The van der Waals surface area contributed by atoms with Gasteiger partial charge in [0.05, 0.1) is 6.54 Å². The molecule has 0 fully saturated rings. The van der Waals surface area contributed by atoms with Crippen LogP contribution in [0.25, 0.3) is 0 Å². The van der Waals surface area contributed by atoms with Crippen LogP contribution >= 0.6 is 23.6 Å². The molecular formula is C9H9N3OS2. The van der Waals surface area contributed by atoms with E-state index in [0.29, 0.717) is 11.3 Å². The van der Waals surface area contributed by atoms with Gasteiger partial charge in [0, 0.05) is 23.3 Å². The maximum absolute atomic E-state index is 11.0. The molecule has 1 N–H and O–H groups in total. The van der Waals surface area contributed by atoms with Gasteiger partial charge in [0.25, 0.3) is 5.56 Å². The highest BCUT2D eigenvalue weighted by atomic mass is 32.1. The molecule has 2 aromatic heterocycles. The van der Waals surface area contributed by atoms with E-state index in [4.69, 9.17) is 12.2 Å². The molecule has 15 heavy (non-hydrogen) atoms. The van der Waals surface area contributed by atoms with E-state index in [0.717, 1.165) is 10.7 Å². The third-order valence-electron chi connectivity index (χ3n) is 1.87. The molecule has 0 bridgehead atoms. The van der Waals surface area contributed by atoms with Gasteiger partial charge in [-0.1, -0.05) is 0 Å². The van der Waals surface area contributed by atoms with Crippen molar-refractivity contribution in [3.8, 4) is 0 Å². The molecule has 0 atom stereocenters. The number of aryl methyl sites for hydroxylation is 1. The van der Waals surface area contributed by atoms with Crippen LogP contribution in [-0.2, 0) is 6.54 Å². The Balaban J connectivity index is 2.32. The summed E-state index contributed by atoms with van der Waals surface area (Å²) in [7, 11) is 0. The lowest BCUT2D eigenvalue weighted by Crippen LogP contribution is -2.11. The number of rotatable bonds is 2. The maximum atomic E-state index is 11.0. The van der Waals surface area contributed by atoms with E-state index in [9.17, 15) is 4.79 Å². The lowest BCUT2D eigenvalue weighted by molar-refractivity contribution is 0.739. The summed E-state index contributed by atoms with van der Waals surface area (Å²) in [6, 6.07) is 1.45. The Kier molecular flexibility index (Phi) is 2.79. The smallest absolute Gasteiger partial charge is 0.251 e. The Morgan fingerprint density at radius 3 is 3.07 bits per heavy atom. The van der Waals surface area contributed by atoms with E-state index in [2.05, 4.69) is 9.97 Å². The summed E-state index contributed by atoms with van der Waals surface area (Å²) in [5.74, 6) is 0. The zero-order chi connectivity index (χ0) is 10.8. The molecule has 0 aliphatic heterocycles. The molecular weight excluding hydrogens is 230 g/mol. The normalized spacial score (nSPS) is 10.5. The molecule has 0 spiro atoms. The monoisotopic (exact) mass is 239 g/mol. The molecule has 0 aromatic carbocycles. The van der Waals surface area contributed by atoms with Crippen molar-refractivity contribution in [2.24, 2.45) is 0 Å². The Bertz CT molecular complexity index is 581. The molecule has 0 saturated carbocycles. The highest BCUT2D eigenvalue weighted by molar-refractivity contribution is 7.71. The average molecular weight is 239 g/mol. The molecule has 78 valence electrons. The van der Waals surface area contributed by atoms with E-state index in [1.54, 1.807) is 22.1 Å². The van der Waals surface area contributed by atoms with Gasteiger partial charge < -0.3 is 4.57 Å². The molecule has 6 heteroatoms. The van der Waals surface area contributed by atoms with Gasteiger partial charge in [-0.25, -0.2) is 4.98 Å². The summed E-state index contributed by atoms with van der Waals surface area (Å²) in [5.41, 5.74) is 0.831. The SMILES string of the molecule is Cc1csc(Cn2ccc(=O)[nH]c2=S)n1. The minimum absolute atomic E-state index is 0.174. The topological polar surface area (TPSA) is 50.7 Å². The number of H-pyrrole nitrogens is 1. The first-order valence-corrected chi connectivity index (χ1v) is 5.65. The molecule has 0 saturated heterocycles. The summed E-state index contributed by atoms with van der Waals surface area (Å²) in [6.45, 7) is 2.56. The van der Waals surface area contributed by atoms with Gasteiger partial charge in [-0.2, -0.15) is 0 Å². The van der Waals surface area contributed by atoms with Crippen molar-refractivity contribution in [1.82, 2.24) is 14.5 Å². The fourth-order valence-electron chi connectivity index (χ4n) is 1.19. The van der Waals surface area contributed by atoms with Crippen molar-refractivity contribution in [3.63, 3.8) is 0 Å². The molecule has 0 amide bonds. The number of hydrogen-bond acceptors (Lipinski definition) is 4. The first-order chi connectivity index (χ1) is 7.15. The average Bonchev–Trinajstić information content (AvgIpc) is 2.56. The van der Waals surface area contributed by atoms with Crippen LogP contribution in [0, 0.1) is 11.7 Å². The van der Waals surface area contributed by atoms with E-state index in [-0.39, 0.29) is 5.56 Å². The zero-order valence-corrected chi connectivity index (χ0v) is 9.69. The molecule has 4 nitrogen and oxygen atoms in total. The van der Waals surface area contributed by atoms with E-state index in [1.165, 1.54) is 6.07 Å². The Labute approximate surface area is 95.2 Å². The van der Waals surface area contributed by atoms with E-state index in [1.807, 2.05) is 12.3 Å². The van der Waals surface area contributed by atoms with Gasteiger partial charge in [0.1, 0.15) is 5.01 Å². The predicted octanol–water partition coefficient (Wildman–Crippen LogP) is 1.72. The molecule has 0 aliphatic carbocycles. The summed E-state index contributed by atoms with van der Waals surface area (Å²) in [6.07, 6.45) is 1.68. The summed E-state index contributed by atoms with van der Waals surface area (Å²) in [4.78, 5) is 17.8. The van der Waals surface area contributed by atoms with Crippen molar-refractivity contribution >= 4 is 23.6 Å². The minimum atomic E-state index is -0.174. The number of hydrogen-bond donors (Lipinski definition) is 1. The molecule has 2 heterocycles. The number of aromatic amines is 1. The Morgan fingerprint density at radius 2 is 2.47 bits per heavy atom. The van der Waals surface area contributed by atoms with Gasteiger partial charge in [-0.05, 0) is 19.1 Å². The summed E-state index contributed by atoms with van der Waals surface area (Å²) < 4.78 is 2.21. The first-order valence-electron chi connectivity index (χ1n) is 4.36. The fourth-order valence-corrected chi connectivity index (χ4v) is 2.19. The number of nitrogens with one attached hydrogen (secondary N) is 1. The second-order valence-electron chi connectivity index (χ2n) is 3.12. The standard InChI is InChI=1S/C9H9N3OS2/c1-6-5-15-8(10-6)4-12-3-2-7(13)11-9(12)14/h2-3,5H,4H2,1H3,(H,11,13,14). The van der Waals surface area contributed by atoms with Gasteiger partial charge in [-0.15, -0.1) is 11.3 Å². The van der Waals surface area contributed by atoms with Crippen LogP contribution in [0.5, 0.6) is 0 Å². The van der Waals surface area contributed by atoms with Crippen LogP contribution in [0.4, 0.5) is 0 Å². The van der Waals surface area contributed by atoms with Crippen molar-refractivity contribution in [2.75, 3.05) is 0 Å². The van der Waals surface area contributed by atoms with E-state index < -0.39 is 0 Å². The van der Waals surface area contributed by atoms with E-state index >= 15 is 0 Å². The third-order valence-corrected chi connectivity index (χ3v) is 3.16. The number of thiazole rings is 1. The molecule has 0 unspecified atom stereocenters. The Hall–Kier alpha value is -1.27. The predicted molar refractivity (Wildman–Crippen MR) is 61.8 cm³/mol. The van der Waals surface area contributed by atoms with Crippen molar-refractivity contribution < 1.29 is 0 Å². The van der Waals surface area contributed by atoms with Gasteiger partial charge in [0.15, 0.2) is 4.77 Å². The number of aromatic nitrogens is 3. The largest absolute Gasteiger partial charge is 0.318 e. The molecule has 0 radical (unpaired) electrons. The maximum Gasteiger partial charge on any atom is 0.251 e.